The summed E-state index contributed by atoms with van der Waals surface area (Å²) in [4.78, 5) is 18.4. The summed E-state index contributed by atoms with van der Waals surface area (Å²) >= 11 is 12.8. The fourth-order valence-electron chi connectivity index (χ4n) is 4.54. The van der Waals surface area contributed by atoms with Crippen molar-refractivity contribution in [2.75, 3.05) is 0 Å². The first-order valence-electron chi connectivity index (χ1n) is 10.2. The second-order valence-corrected chi connectivity index (χ2v) is 9.75. The lowest BCUT2D eigenvalue weighted by Gasteiger charge is -2.31. The molecule has 0 N–H and O–H groups in total. The third-order valence-electron chi connectivity index (χ3n) is 5.83. The summed E-state index contributed by atoms with van der Waals surface area (Å²) in [6.45, 7) is 6.16. The van der Waals surface area contributed by atoms with Gasteiger partial charge in [-0.15, -0.1) is 0 Å². The molecule has 1 aliphatic carbocycles. The van der Waals surface area contributed by atoms with Crippen LogP contribution in [0.3, 0.4) is 0 Å². The zero-order valence-corrected chi connectivity index (χ0v) is 19.1. The molecule has 0 radical (unpaired) electrons. The van der Waals surface area contributed by atoms with E-state index in [0.29, 0.717) is 28.5 Å². The van der Waals surface area contributed by atoms with Gasteiger partial charge in [-0.1, -0.05) is 61.3 Å². The highest BCUT2D eigenvalue weighted by Gasteiger charge is 2.36. The van der Waals surface area contributed by atoms with Crippen LogP contribution < -0.4 is 0 Å². The lowest BCUT2D eigenvalue weighted by Crippen LogP contribution is -2.28. The zero-order valence-electron chi connectivity index (χ0n) is 17.5. The minimum atomic E-state index is -0.154. The number of nitrogens with zero attached hydrogens (tertiary/aromatic N) is 3. The third kappa shape index (κ3) is 3.35. The molecule has 0 fully saturated rings. The fourth-order valence-corrected chi connectivity index (χ4v) is 5.04. The molecular weight excluding hydrogens is 429 g/mol. The Morgan fingerprint density at radius 2 is 1.74 bits per heavy atom. The van der Waals surface area contributed by atoms with Gasteiger partial charge in [-0.25, -0.2) is 9.67 Å². The van der Waals surface area contributed by atoms with Gasteiger partial charge in [0, 0.05) is 33.2 Å². The van der Waals surface area contributed by atoms with Crippen molar-refractivity contribution >= 4 is 40.0 Å². The van der Waals surface area contributed by atoms with Gasteiger partial charge in [0.1, 0.15) is 0 Å². The van der Waals surface area contributed by atoms with Crippen molar-refractivity contribution in [1.82, 2.24) is 14.8 Å². The Balaban J connectivity index is 1.93. The predicted molar refractivity (Wildman–Crippen MR) is 125 cm³/mol. The Kier molecular flexibility index (Phi) is 4.68. The predicted octanol–water partition coefficient (Wildman–Crippen LogP) is 6.86. The van der Waals surface area contributed by atoms with Crippen molar-refractivity contribution in [3.63, 3.8) is 0 Å². The van der Waals surface area contributed by atoms with E-state index in [1.54, 1.807) is 12.1 Å². The zero-order chi connectivity index (χ0) is 21.9. The molecule has 5 rings (SSSR count). The van der Waals surface area contributed by atoms with Gasteiger partial charge in [0.15, 0.2) is 11.4 Å². The monoisotopic (exact) mass is 449 g/mol. The van der Waals surface area contributed by atoms with Gasteiger partial charge in [-0.2, -0.15) is 5.10 Å². The normalized spacial score (nSPS) is 15.3. The molecule has 0 saturated carbocycles. The van der Waals surface area contributed by atoms with Crippen LogP contribution in [-0.2, 0) is 6.42 Å². The van der Waals surface area contributed by atoms with Crippen molar-refractivity contribution in [1.29, 1.82) is 0 Å². The summed E-state index contributed by atoms with van der Waals surface area (Å²) in [5, 5.41) is 6.71. The fraction of sp³-hybridized carbons (Fsp3) is 0.240. The number of hydrogen-bond donors (Lipinski definition) is 0. The van der Waals surface area contributed by atoms with Crippen LogP contribution in [-0.4, -0.2) is 20.5 Å². The van der Waals surface area contributed by atoms with Crippen LogP contribution in [0, 0.1) is 12.3 Å². The third-order valence-corrected chi connectivity index (χ3v) is 6.38. The number of aromatic nitrogens is 3. The van der Waals surface area contributed by atoms with E-state index in [-0.39, 0.29) is 11.2 Å². The minimum Gasteiger partial charge on any atom is -0.294 e. The van der Waals surface area contributed by atoms with Crippen molar-refractivity contribution in [3.8, 4) is 16.8 Å². The number of pyridine rings is 1. The van der Waals surface area contributed by atoms with Gasteiger partial charge < -0.3 is 0 Å². The van der Waals surface area contributed by atoms with E-state index in [1.807, 2.05) is 48.0 Å². The van der Waals surface area contributed by atoms with Gasteiger partial charge >= 0.3 is 0 Å². The molecule has 0 amide bonds. The maximum Gasteiger partial charge on any atom is 0.165 e. The van der Waals surface area contributed by atoms with Gasteiger partial charge in [0.25, 0.3) is 0 Å². The van der Waals surface area contributed by atoms with Crippen LogP contribution in [0.1, 0.15) is 42.0 Å². The molecule has 2 heterocycles. The molecule has 2 aromatic carbocycles. The Morgan fingerprint density at radius 1 is 1.00 bits per heavy atom. The van der Waals surface area contributed by atoms with Gasteiger partial charge in [0.2, 0.25) is 0 Å². The molecule has 0 saturated heterocycles. The molecular formula is C25H21Cl2N3O. The number of benzene rings is 2. The van der Waals surface area contributed by atoms with Crippen molar-refractivity contribution in [2.45, 2.75) is 33.6 Å². The van der Waals surface area contributed by atoms with Crippen molar-refractivity contribution in [2.24, 2.45) is 5.41 Å². The first-order valence-corrected chi connectivity index (χ1v) is 11.0. The van der Waals surface area contributed by atoms with E-state index in [9.17, 15) is 4.79 Å². The topological polar surface area (TPSA) is 47.8 Å². The summed E-state index contributed by atoms with van der Waals surface area (Å²) in [6.07, 6.45) is 1.18. The Hall–Kier alpha value is -2.69. The van der Waals surface area contributed by atoms with Crippen LogP contribution in [0.15, 0.2) is 48.5 Å². The first kappa shape index (κ1) is 20.2. The number of aryl methyl sites for hydroxylation is 1. The number of hydrogen-bond acceptors (Lipinski definition) is 3. The molecule has 0 aliphatic heterocycles. The first-order chi connectivity index (χ1) is 14.7. The van der Waals surface area contributed by atoms with Crippen LogP contribution in [0.5, 0.6) is 0 Å². The Labute approximate surface area is 190 Å². The summed E-state index contributed by atoms with van der Waals surface area (Å²) in [5.74, 6) is 0.0912. The maximum absolute atomic E-state index is 13.4. The molecule has 31 heavy (non-hydrogen) atoms. The summed E-state index contributed by atoms with van der Waals surface area (Å²) in [6, 6.07) is 15.3. The van der Waals surface area contributed by atoms with E-state index in [0.717, 1.165) is 39.2 Å². The highest BCUT2D eigenvalue weighted by Crippen LogP contribution is 2.44. The van der Waals surface area contributed by atoms with Crippen molar-refractivity contribution < 1.29 is 4.79 Å². The minimum absolute atomic E-state index is 0.0912. The molecule has 156 valence electrons. The van der Waals surface area contributed by atoms with E-state index >= 15 is 0 Å². The lowest BCUT2D eigenvalue weighted by atomic mass is 9.73. The molecule has 4 aromatic rings. The quantitative estimate of drug-likeness (QED) is 0.335. The van der Waals surface area contributed by atoms with E-state index in [1.165, 1.54) is 0 Å². The SMILES string of the molecule is Cc1nn(-c2ccccc2)c2nc3c(c(-c4ccc(Cl)cc4Cl)c12)C(=O)CC(C)(C)C3. The molecule has 0 spiro atoms. The standard InChI is InChI=1S/C25H21Cl2N3O/c1-14-21-22(17-10-9-15(26)11-18(17)27)23-19(12-25(2,3)13-20(23)31)28-24(21)30(29-14)16-7-5-4-6-8-16/h4-11H,12-13H2,1-3H3. The number of halogens is 2. The average Bonchev–Trinajstić information content (AvgIpc) is 3.03. The van der Waals surface area contributed by atoms with Crippen LogP contribution >= 0.6 is 23.2 Å². The number of carbonyl (C=O) groups is 1. The van der Waals surface area contributed by atoms with Crippen LogP contribution in [0.25, 0.3) is 27.8 Å². The largest absolute Gasteiger partial charge is 0.294 e. The number of Topliss-reactive ketones (excluding diaryl/α,β-unsaturated/α-hetero) is 1. The average molecular weight is 450 g/mol. The van der Waals surface area contributed by atoms with E-state index < -0.39 is 0 Å². The Morgan fingerprint density at radius 3 is 2.45 bits per heavy atom. The molecule has 1 aliphatic rings. The summed E-state index contributed by atoms with van der Waals surface area (Å²) in [7, 11) is 0. The van der Waals surface area contributed by atoms with Gasteiger partial charge in [0.05, 0.1) is 22.5 Å². The highest BCUT2D eigenvalue weighted by atomic mass is 35.5. The van der Waals surface area contributed by atoms with E-state index in [4.69, 9.17) is 33.3 Å². The van der Waals surface area contributed by atoms with Crippen molar-refractivity contribution in [3.05, 3.63) is 75.5 Å². The Bertz CT molecular complexity index is 1360. The van der Waals surface area contributed by atoms with Gasteiger partial charge in [-0.3, -0.25) is 4.79 Å². The van der Waals surface area contributed by atoms with Gasteiger partial charge in [-0.05, 0) is 43.0 Å². The molecule has 2 aromatic heterocycles. The van der Waals surface area contributed by atoms with E-state index in [2.05, 4.69) is 13.8 Å². The maximum atomic E-state index is 13.4. The number of fused-ring (bicyclic) bond motifs is 2. The highest BCUT2D eigenvalue weighted by molar-refractivity contribution is 6.37. The summed E-state index contributed by atoms with van der Waals surface area (Å²) in [5.41, 5.74) is 5.33. The second kappa shape index (κ2) is 7.18. The summed E-state index contributed by atoms with van der Waals surface area (Å²) < 4.78 is 1.85. The number of rotatable bonds is 2. The molecule has 0 unspecified atom stereocenters. The molecule has 6 heteroatoms. The molecule has 0 bridgehead atoms. The van der Waals surface area contributed by atoms with Crippen LogP contribution in [0.4, 0.5) is 0 Å². The number of para-hydroxylation sites is 1. The second-order valence-electron chi connectivity index (χ2n) is 8.90. The smallest absolute Gasteiger partial charge is 0.165 e. The lowest BCUT2D eigenvalue weighted by molar-refractivity contribution is 0.0911. The molecule has 4 nitrogen and oxygen atoms in total. The number of carbonyl (C=O) groups excluding carboxylic acids is 1. The number of ketones is 1. The molecule has 0 atom stereocenters. The van der Waals surface area contributed by atoms with Crippen LogP contribution in [0.2, 0.25) is 10.0 Å².